The summed E-state index contributed by atoms with van der Waals surface area (Å²) in [6, 6.07) is 15.2. The smallest absolute Gasteiger partial charge is 0.416 e. The molecule has 6 rings (SSSR count). The van der Waals surface area contributed by atoms with Crippen molar-refractivity contribution in [3.05, 3.63) is 90.1 Å². The molecular weight excluding hydrogens is 505 g/mol. The number of hydrogen-bond donors (Lipinski definition) is 1. The van der Waals surface area contributed by atoms with Crippen molar-refractivity contribution < 1.29 is 39.7 Å². The quantitative estimate of drug-likeness (QED) is 0.405. The van der Waals surface area contributed by atoms with Gasteiger partial charge in [0.15, 0.2) is 0 Å². The van der Waals surface area contributed by atoms with E-state index in [4.69, 9.17) is 0 Å². The van der Waals surface area contributed by atoms with Crippen LogP contribution in [0.3, 0.4) is 0 Å². The van der Waals surface area contributed by atoms with Crippen molar-refractivity contribution in [3.63, 3.8) is 0 Å². The van der Waals surface area contributed by atoms with Gasteiger partial charge < -0.3 is 26.6 Å². The van der Waals surface area contributed by atoms with Gasteiger partial charge in [0.25, 0.3) is 0 Å². The molecule has 1 unspecified atom stereocenters. The highest BCUT2D eigenvalue weighted by Crippen LogP contribution is 2.48. The average Bonchev–Trinajstić information content (AvgIpc) is 2.83. The maximum atomic E-state index is 13.1. The monoisotopic (exact) mass is 532 g/mol. The minimum atomic E-state index is -4.34. The Kier molecular flexibility index (Phi) is 6.91. The number of fused-ring (bicyclic) bond motifs is 4. The van der Waals surface area contributed by atoms with Gasteiger partial charge >= 0.3 is 6.18 Å². The summed E-state index contributed by atoms with van der Waals surface area (Å²) in [5.41, 5.74) is 1.96. The summed E-state index contributed by atoms with van der Waals surface area (Å²) >= 11 is 0. The molecule has 5 atom stereocenters. The number of nitrogens with zero attached hydrogens (tertiary/aromatic N) is 2. The summed E-state index contributed by atoms with van der Waals surface area (Å²) < 4.78 is 39.8. The molecule has 34 heavy (non-hydrogen) atoms. The van der Waals surface area contributed by atoms with E-state index in [0.29, 0.717) is 22.9 Å². The number of piperidine rings is 3. The molecule has 3 aliphatic heterocycles. The Morgan fingerprint density at radius 2 is 1.85 bits per heavy atom. The molecule has 1 aromatic heterocycles. The zero-order valence-corrected chi connectivity index (χ0v) is 20.3. The van der Waals surface area contributed by atoms with Gasteiger partial charge in [-0.2, -0.15) is 13.2 Å². The molecule has 2 bridgehead atoms. The van der Waals surface area contributed by atoms with E-state index in [2.05, 4.69) is 11.6 Å². The highest BCUT2D eigenvalue weighted by molar-refractivity contribution is 5.82. The summed E-state index contributed by atoms with van der Waals surface area (Å²) in [6.45, 7) is 6.39. The number of quaternary nitrogens is 1. The number of para-hydroxylation sites is 1. The SMILES string of the molecule is C=C[C@H]1C[N+]2(Cc3ccc(C(F)(F)F)cc3)CC[C@H]1C[C@@H]2[C@@H](O)c1ccnc2ccccc12.[Br-]. The van der Waals surface area contributed by atoms with E-state index in [1.165, 1.54) is 0 Å². The van der Waals surface area contributed by atoms with Gasteiger partial charge in [-0.3, -0.25) is 4.98 Å². The first-order chi connectivity index (χ1) is 15.8. The predicted molar refractivity (Wildman–Crippen MR) is 122 cm³/mol. The van der Waals surface area contributed by atoms with Crippen LogP contribution in [0.5, 0.6) is 0 Å². The van der Waals surface area contributed by atoms with Crippen molar-refractivity contribution >= 4 is 10.9 Å². The molecule has 3 aliphatic rings. The van der Waals surface area contributed by atoms with Crippen LogP contribution in [0, 0.1) is 11.8 Å². The Bertz CT molecular complexity index is 1160. The normalized spacial score (nSPS) is 27.2. The summed E-state index contributed by atoms with van der Waals surface area (Å²) in [6.07, 6.45) is 0.648. The Hall–Kier alpha value is -2.22. The molecule has 0 spiro atoms. The first-order valence-electron chi connectivity index (χ1n) is 11.5. The van der Waals surface area contributed by atoms with Gasteiger partial charge in [0.05, 0.1) is 24.2 Å². The fraction of sp³-hybridized carbons (Fsp3) is 0.370. The molecule has 3 saturated heterocycles. The van der Waals surface area contributed by atoms with E-state index in [1.54, 1.807) is 18.3 Å². The highest BCUT2D eigenvalue weighted by Gasteiger charge is 2.54. The number of pyridine rings is 1. The lowest BCUT2D eigenvalue weighted by Crippen LogP contribution is -3.00. The lowest BCUT2D eigenvalue weighted by Gasteiger charge is -2.58. The fourth-order valence-corrected chi connectivity index (χ4v) is 6.13. The molecule has 2 aromatic carbocycles. The second-order valence-corrected chi connectivity index (χ2v) is 9.59. The van der Waals surface area contributed by atoms with Gasteiger partial charge in [0.1, 0.15) is 18.7 Å². The Labute approximate surface area is 208 Å². The van der Waals surface area contributed by atoms with Gasteiger partial charge in [0.2, 0.25) is 0 Å². The van der Waals surface area contributed by atoms with E-state index < -0.39 is 17.8 Å². The molecule has 7 heteroatoms. The van der Waals surface area contributed by atoms with Gasteiger partial charge in [-0.15, -0.1) is 6.58 Å². The molecule has 0 radical (unpaired) electrons. The lowest BCUT2D eigenvalue weighted by molar-refractivity contribution is -0.984. The molecule has 3 aromatic rings. The first-order valence-corrected chi connectivity index (χ1v) is 11.5. The predicted octanol–water partition coefficient (Wildman–Crippen LogP) is 2.90. The fourth-order valence-electron chi connectivity index (χ4n) is 6.13. The van der Waals surface area contributed by atoms with Crippen LogP contribution < -0.4 is 17.0 Å². The van der Waals surface area contributed by atoms with Crippen LogP contribution in [-0.4, -0.2) is 33.7 Å². The van der Waals surface area contributed by atoms with E-state index in [-0.39, 0.29) is 23.0 Å². The zero-order valence-electron chi connectivity index (χ0n) is 18.8. The van der Waals surface area contributed by atoms with Crippen LogP contribution in [-0.2, 0) is 12.7 Å². The highest BCUT2D eigenvalue weighted by atomic mass is 79.9. The number of aliphatic hydroxyl groups excluding tert-OH is 1. The Morgan fingerprint density at radius 3 is 2.56 bits per heavy atom. The third-order valence-corrected chi connectivity index (χ3v) is 7.82. The van der Waals surface area contributed by atoms with Gasteiger partial charge in [-0.25, -0.2) is 0 Å². The Morgan fingerprint density at radius 1 is 1.12 bits per heavy atom. The number of benzene rings is 2. The molecule has 0 aliphatic carbocycles. The maximum absolute atomic E-state index is 13.1. The zero-order chi connectivity index (χ0) is 23.2. The lowest BCUT2D eigenvalue weighted by atomic mass is 9.71. The van der Waals surface area contributed by atoms with Crippen molar-refractivity contribution in [1.29, 1.82) is 0 Å². The van der Waals surface area contributed by atoms with Gasteiger partial charge in [-0.1, -0.05) is 36.4 Å². The summed E-state index contributed by atoms with van der Waals surface area (Å²) in [7, 11) is 0. The minimum Gasteiger partial charge on any atom is -1.00 e. The number of aromatic nitrogens is 1. The number of hydrogen-bond acceptors (Lipinski definition) is 2. The third-order valence-electron chi connectivity index (χ3n) is 7.82. The van der Waals surface area contributed by atoms with Crippen molar-refractivity contribution in [2.24, 2.45) is 11.8 Å². The largest absolute Gasteiger partial charge is 1.00 e. The number of aliphatic hydroxyl groups is 1. The van der Waals surface area contributed by atoms with Crippen molar-refractivity contribution in [2.75, 3.05) is 13.1 Å². The summed E-state index contributed by atoms with van der Waals surface area (Å²) in [4.78, 5) is 4.43. The van der Waals surface area contributed by atoms with E-state index >= 15 is 0 Å². The number of halogens is 4. The topological polar surface area (TPSA) is 33.1 Å². The average molecular weight is 533 g/mol. The van der Waals surface area contributed by atoms with Crippen molar-refractivity contribution in [2.45, 2.75) is 37.7 Å². The van der Waals surface area contributed by atoms with E-state index in [9.17, 15) is 18.3 Å². The molecule has 3 fully saturated rings. The number of rotatable bonds is 5. The molecule has 180 valence electrons. The van der Waals surface area contributed by atoms with Crippen LogP contribution in [0.4, 0.5) is 13.2 Å². The van der Waals surface area contributed by atoms with Crippen LogP contribution in [0.2, 0.25) is 0 Å². The molecule has 3 nitrogen and oxygen atoms in total. The second-order valence-electron chi connectivity index (χ2n) is 9.59. The van der Waals surface area contributed by atoms with Gasteiger partial charge in [-0.05, 0) is 35.7 Å². The van der Waals surface area contributed by atoms with Gasteiger partial charge in [0, 0.05) is 35.9 Å². The van der Waals surface area contributed by atoms with E-state index in [1.807, 2.05) is 36.4 Å². The molecule has 1 N–H and O–H groups in total. The van der Waals surface area contributed by atoms with Crippen LogP contribution >= 0.6 is 0 Å². The van der Waals surface area contributed by atoms with Crippen molar-refractivity contribution in [3.8, 4) is 0 Å². The summed E-state index contributed by atoms with van der Waals surface area (Å²) in [5, 5.41) is 12.6. The number of alkyl halides is 3. The Balaban J connectivity index is 0.00000274. The van der Waals surface area contributed by atoms with Crippen LogP contribution in [0.15, 0.2) is 73.4 Å². The van der Waals surface area contributed by atoms with Crippen LogP contribution in [0.1, 0.15) is 35.6 Å². The summed E-state index contributed by atoms with van der Waals surface area (Å²) in [5.74, 6) is 0.827. The first kappa shape index (κ1) is 24.9. The molecular formula is C27H28BrF3N2O. The van der Waals surface area contributed by atoms with E-state index in [0.717, 1.165) is 60.1 Å². The second kappa shape index (κ2) is 9.44. The maximum Gasteiger partial charge on any atom is 0.416 e. The molecule has 4 heterocycles. The van der Waals surface area contributed by atoms with Crippen molar-refractivity contribution in [1.82, 2.24) is 4.98 Å². The third kappa shape index (κ3) is 4.41. The van der Waals surface area contributed by atoms with Crippen LogP contribution in [0.25, 0.3) is 10.9 Å². The molecule has 0 saturated carbocycles. The standard InChI is InChI=1S/C27H28F3N2O.BrH/c1-2-19-17-32(16-18-7-9-21(10-8-18)27(28,29)30)14-12-20(19)15-25(32)26(33)23-11-13-31-24-6-4-3-5-22(23)24;/h2-11,13,19-20,25-26,33H,1,12,14-17H2;1H/q+1;/p-1/t19-,20-,25+,26-,32?;/m0./s1. The minimum absolute atomic E-state index is 0. The molecule has 0 amide bonds.